The molecule has 1 heterocycles. The van der Waals surface area contributed by atoms with Crippen molar-refractivity contribution >= 4 is 16.8 Å². The molecule has 1 fully saturated rings. The number of carbonyl (C=O) groups is 1. The Morgan fingerprint density at radius 2 is 1.96 bits per heavy atom. The smallest absolute Gasteiger partial charge is 0.225 e. The molecular formula is C19H18ClFN2O. The van der Waals surface area contributed by atoms with Crippen LogP contribution in [0, 0.1) is 17.2 Å². The molecule has 0 radical (unpaired) electrons. The molecule has 4 rings (SSSR count). The van der Waals surface area contributed by atoms with Gasteiger partial charge in [0, 0.05) is 16.9 Å². The minimum Gasteiger partial charge on any atom is -0.281 e. The van der Waals surface area contributed by atoms with Gasteiger partial charge in [-0.25, -0.2) is 4.39 Å². The number of aromatic nitrogens is 2. The molecule has 1 aromatic heterocycles. The van der Waals surface area contributed by atoms with Crippen LogP contribution in [0.2, 0.25) is 0 Å². The molecule has 0 saturated heterocycles. The van der Waals surface area contributed by atoms with E-state index in [0.29, 0.717) is 17.7 Å². The molecule has 2 aliphatic carbocycles. The molecule has 3 unspecified atom stereocenters. The molecular weight excluding hydrogens is 327 g/mol. The fourth-order valence-electron chi connectivity index (χ4n) is 4.76. The lowest BCUT2D eigenvalue weighted by atomic mass is 9.66. The molecule has 5 heteroatoms. The fourth-order valence-corrected chi connectivity index (χ4v) is 5.07. The van der Waals surface area contributed by atoms with E-state index in [9.17, 15) is 9.18 Å². The van der Waals surface area contributed by atoms with Crippen LogP contribution in [0.4, 0.5) is 4.39 Å². The molecule has 24 heavy (non-hydrogen) atoms. The molecule has 0 N–H and O–H groups in total. The van der Waals surface area contributed by atoms with Crippen molar-refractivity contribution in [3.8, 4) is 11.3 Å². The summed E-state index contributed by atoms with van der Waals surface area (Å²) in [5.74, 6) is -0.388. The summed E-state index contributed by atoms with van der Waals surface area (Å²) < 4.78 is 14.1. The quantitative estimate of drug-likeness (QED) is 0.756. The van der Waals surface area contributed by atoms with Gasteiger partial charge < -0.3 is 0 Å². The average Bonchev–Trinajstić information content (AvgIpc) is 2.84. The maximum atomic E-state index is 14.1. The van der Waals surface area contributed by atoms with Crippen LogP contribution in [0.5, 0.6) is 0 Å². The molecule has 124 valence electrons. The summed E-state index contributed by atoms with van der Waals surface area (Å²) in [7, 11) is 0. The molecule has 2 aromatic rings. The maximum Gasteiger partial charge on any atom is 0.225 e. The van der Waals surface area contributed by atoms with Gasteiger partial charge in [0.1, 0.15) is 5.82 Å². The topological polar surface area (TPSA) is 42.9 Å². The summed E-state index contributed by atoms with van der Waals surface area (Å²) in [6.07, 6.45) is 0.710. The van der Waals surface area contributed by atoms with Gasteiger partial charge in [-0.3, -0.25) is 4.79 Å². The lowest BCUT2D eigenvalue weighted by Crippen LogP contribution is -2.40. The molecule has 1 saturated carbocycles. The van der Waals surface area contributed by atoms with Crippen LogP contribution in [-0.4, -0.2) is 15.4 Å². The third-order valence-electron chi connectivity index (χ3n) is 6.49. The van der Waals surface area contributed by atoms with Crippen molar-refractivity contribution in [1.29, 1.82) is 0 Å². The predicted octanol–water partition coefficient (Wildman–Crippen LogP) is 4.45. The molecule has 3 nitrogen and oxygen atoms in total. The van der Waals surface area contributed by atoms with Crippen LogP contribution in [0.15, 0.2) is 30.3 Å². The zero-order chi connectivity index (χ0) is 17.3. The van der Waals surface area contributed by atoms with E-state index < -0.39 is 5.41 Å². The number of benzene rings is 1. The van der Waals surface area contributed by atoms with Crippen LogP contribution in [-0.2, 0) is 10.2 Å². The normalized spacial score (nSPS) is 29.5. The second kappa shape index (κ2) is 4.85. The van der Waals surface area contributed by atoms with E-state index in [1.807, 2.05) is 6.07 Å². The van der Waals surface area contributed by atoms with Gasteiger partial charge in [0.15, 0.2) is 0 Å². The fraction of sp³-hybridized carbons (Fsp3) is 0.421. The van der Waals surface area contributed by atoms with Crippen molar-refractivity contribution in [2.24, 2.45) is 11.3 Å². The summed E-state index contributed by atoms with van der Waals surface area (Å²) in [5, 5.41) is 8.39. The van der Waals surface area contributed by atoms with Gasteiger partial charge in [-0.2, -0.15) is 10.2 Å². The van der Waals surface area contributed by atoms with Gasteiger partial charge in [0.25, 0.3) is 0 Å². The van der Waals surface area contributed by atoms with E-state index in [2.05, 4.69) is 31.0 Å². The van der Waals surface area contributed by atoms with Gasteiger partial charge in [0.05, 0.1) is 11.4 Å². The van der Waals surface area contributed by atoms with Gasteiger partial charge >= 0.3 is 0 Å². The molecule has 2 aliphatic rings. The van der Waals surface area contributed by atoms with Crippen molar-refractivity contribution < 1.29 is 9.18 Å². The maximum absolute atomic E-state index is 14.1. The monoisotopic (exact) mass is 344 g/mol. The highest BCUT2D eigenvalue weighted by atomic mass is 35.5. The Hall–Kier alpha value is -1.81. The number of carbonyl (C=O) groups excluding carboxylic acids is 1. The summed E-state index contributed by atoms with van der Waals surface area (Å²) in [6, 6.07) is 8.50. The van der Waals surface area contributed by atoms with Crippen LogP contribution < -0.4 is 0 Å². The first-order chi connectivity index (χ1) is 11.3. The SMILES string of the molecule is CC1(C)C2CC(C(=O)Cl)C1(C)c1nnc(-c3ccccc3F)cc12. The first-order valence-electron chi connectivity index (χ1n) is 8.11. The van der Waals surface area contributed by atoms with Crippen molar-refractivity contribution in [2.75, 3.05) is 0 Å². The standard InChI is InChI=1S/C19H18ClFN2O/c1-18(2)12-9-13(17(20)24)19(18,3)16-11(12)8-15(22-23-16)10-6-4-5-7-14(10)21/h4-8,12-13H,9H2,1-3H3. The van der Waals surface area contributed by atoms with Crippen molar-refractivity contribution in [3.63, 3.8) is 0 Å². The van der Waals surface area contributed by atoms with E-state index >= 15 is 0 Å². The molecule has 3 atom stereocenters. The van der Waals surface area contributed by atoms with E-state index in [1.54, 1.807) is 18.2 Å². The highest BCUT2D eigenvalue weighted by Crippen LogP contribution is 2.69. The zero-order valence-electron chi connectivity index (χ0n) is 13.8. The first kappa shape index (κ1) is 15.7. The van der Waals surface area contributed by atoms with Crippen molar-refractivity contribution in [1.82, 2.24) is 10.2 Å². The Balaban J connectivity index is 1.89. The Kier molecular flexibility index (Phi) is 3.17. The Morgan fingerprint density at radius 1 is 1.25 bits per heavy atom. The predicted molar refractivity (Wildman–Crippen MR) is 90.3 cm³/mol. The minimum absolute atomic E-state index is 0.146. The Labute approximate surface area is 145 Å². The average molecular weight is 345 g/mol. The third kappa shape index (κ3) is 1.75. The Morgan fingerprint density at radius 3 is 2.62 bits per heavy atom. The zero-order valence-corrected chi connectivity index (χ0v) is 14.6. The highest BCUT2D eigenvalue weighted by Gasteiger charge is 2.67. The van der Waals surface area contributed by atoms with Crippen LogP contribution >= 0.6 is 11.6 Å². The Bertz CT molecular complexity index is 866. The summed E-state index contributed by atoms with van der Waals surface area (Å²) in [4.78, 5) is 11.9. The van der Waals surface area contributed by atoms with Crippen LogP contribution in [0.3, 0.4) is 0 Å². The van der Waals surface area contributed by atoms with Crippen LogP contribution in [0.25, 0.3) is 11.3 Å². The number of hydrogen-bond donors (Lipinski definition) is 0. The molecule has 2 bridgehead atoms. The van der Waals surface area contributed by atoms with Crippen LogP contribution in [0.1, 0.15) is 44.4 Å². The van der Waals surface area contributed by atoms with Gasteiger partial charge in [-0.05, 0) is 53.1 Å². The first-order valence-corrected chi connectivity index (χ1v) is 8.48. The lowest BCUT2D eigenvalue weighted by Gasteiger charge is -2.37. The van der Waals surface area contributed by atoms with Gasteiger partial charge in [-0.1, -0.05) is 32.9 Å². The minimum atomic E-state index is -0.438. The molecule has 0 amide bonds. The van der Waals surface area contributed by atoms with Gasteiger partial charge in [-0.15, -0.1) is 0 Å². The van der Waals surface area contributed by atoms with E-state index in [0.717, 1.165) is 11.3 Å². The largest absolute Gasteiger partial charge is 0.281 e. The lowest BCUT2D eigenvalue weighted by molar-refractivity contribution is -0.117. The van der Waals surface area contributed by atoms with E-state index in [-0.39, 0.29) is 28.3 Å². The third-order valence-corrected chi connectivity index (χ3v) is 6.76. The van der Waals surface area contributed by atoms with Gasteiger partial charge in [0.2, 0.25) is 5.24 Å². The molecule has 0 spiro atoms. The summed E-state index contributed by atoms with van der Waals surface area (Å²) in [5.41, 5.74) is 2.31. The second-order valence-electron chi connectivity index (χ2n) is 7.58. The molecule has 0 aliphatic heterocycles. The van der Waals surface area contributed by atoms with E-state index in [4.69, 9.17) is 11.6 Å². The van der Waals surface area contributed by atoms with Crippen molar-refractivity contribution in [2.45, 2.75) is 38.5 Å². The van der Waals surface area contributed by atoms with E-state index in [1.165, 1.54) is 6.07 Å². The summed E-state index contributed by atoms with van der Waals surface area (Å²) >= 11 is 5.87. The number of hydrogen-bond acceptors (Lipinski definition) is 3. The second-order valence-corrected chi connectivity index (χ2v) is 7.95. The number of fused-ring (bicyclic) bond motifs is 5. The summed E-state index contributed by atoms with van der Waals surface area (Å²) in [6.45, 7) is 6.37. The number of nitrogens with zero attached hydrogens (tertiary/aromatic N) is 2. The highest BCUT2D eigenvalue weighted by molar-refractivity contribution is 6.64. The molecule has 1 aromatic carbocycles. The number of halogens is 2. The van der Waals surface area contributed by atoms with Crippen molar-refractivity contribution in [3.05, 3.63) is 47.4 Å². The number of rotatable bonds is 2.